The number of nitrogens with zero attached hydrogens (tertiary/aromatic N) is 2. The number of nitrogens with one attached hydrogen (secondary N) is 2. The fourth-order valence-corrected chi connectivity index (χ4v) is 3.82. The molecule has 5 heteroatoms. The molecule has 20 heavy (non-hydrogen) atoms. The van der Waals surface area contributed by atoms with Crippen molar-refractivity contribution in [2.24, 2.45) is 0 Å². The molecule has 1 aliphatic carbocycles. The Labute approximate surface area is 124 Å². The zero-order valence-electron chi connectivity index (χ0n) is 11.4. The lowest BCUT2D eigenvalue weighted by Crippen LogP contribution is -2.63. The Balaban J connectivity index is 1.66. The highest BCUT2D eigenvalue weighted by Gasteiger charge is 2.47. The number of hydrazine groups is 2. The molecule has 1 saturated carbocycles. The summed E-state index contributed by atoms with van der Waals surface area (Å²) in [7, 11) is 0. The third kappa shape index (κ3) is 1.75. The van der Waals surface area contributed by atoms with Crippen molar-refractivity contribution in [3.05, 3.63) is 46.7 Å². The highest BCUT2D eigenvalue weighted by molar-refractivity contribution is 6.31. The van der Waals surface area contributed by atoms with Crippen LogP contribution in [0.1, 0.15) is 24.8 Å². The summed E-state index contributed by atoms with van der Waals surface area (Å²) < 4.78 is 0. The van der Waals surface area contributed by atoms with Gasteiger partial charge >= 0.3 is 0 Å². The van der Waals surface area contributed by atoms with Crippen molar-refractivity contribution in [3.63, 3.8) is 0 Å². The van der Waals surface area contributed by atoms with Gasteiger partial charge < -0.3 is 5.43 Å². The molecule has 0 spiro atoms. The van der Waals surface area contributed by atoms with Crippen LogP contribution in [0.25, 0.3) is 0 Å². The summed E-state index contributed by atoms with van der Waals surface area (Å²) in [6.45, 7) is 2.91. The van der Waals surface area contributed by atoms with Crippen LogP contribution < -0.4 is 10.9 Å². The molecule has 0 aromatic heterocycles. The average molecular weight is 291 g/mol. The first-order valence-corrected chi connectivity index (χ1v) is 7.68. The Morgan fingerprint density at radius 1 is 1.15 bits per heavy atom. The molecular formula is C15H19ClN4. The number of rotatable bonds is 2. The summed E-state index contributed by atoms with van der Waals surface area (Å²) >= 11 is 6.46. The molecule has 2 fully saturated rings. The van der Waals surface area contributed by atoms with Gasteiger partial charge in [0.25, 0.3) is 0 Å². The highest BCUT2D eigenvalue weighted by atomic mass is 35.5. The second-order valence-electron chi connectivity index (χ2n) is 5.73. The Bertz CT molecular complexity index is 553. The first-order valence-electron chi connectivity index (χ1n) is 7.30. The van der Waals surface area contributed by atoms with Crippen molar-refractivity contribution in [2.75, 3.05) is 19.6 Å². The zero-order valence-corrected chi connectivity index (χ0v) is 12.2. The van der Waals surface area contributed by atoms with Crippen molar-refractivity contribution < 1.29 is 0 Å². The molecule has 3 aliphatic rings. The van der Waals surface area contributed by atoms with Crippen molar-refractivity contribution in [1.82, 2.24) is 20.9 Å². The van der Waals surface area contributed by atoms with Crippen molar-refractivity contribution >= 4 is 11.6 Å². The van der Waals surface area contributed by atoms with Crippen LogP contribution in [0.3, 0.4) is 0 Å². The minimum atomic E-state index is 0.0634. The minimum Gasteiger partial charge on any atom is -0.303 e. The quantitative estimate of drug-likeness (QED) is 0.874. The van der Waals surface area contributed by atoms with E-state index >= 15 is 0 Å². The van der Waals surface area contributed by atoms with Crippen LogP contribution in [0.15, 0.2) is 36.2 Å². The third-order valence-electron chi connectivity index (χ3n) is 4.74. The van der Waals surface area contributed by atoms with E-state index in [4.69, 9.17) is 11.6 Å². The maximum absolute atomic E-state index is 6.46. The van der Waals surface area contributed by atoms with Crippen molar-refractivity contribution in [1.29, 1.82) is 0 Å². The normalized spacial score (nSPS) is 24.6. The molecule has 0 bridgehead atoms. The number of fused-ring (bicyclic) bond motifs is 1. The van der Waals surface area contributed by atoms with Gasteiger partial charge in [0.1, 0.15) is 5.82 Å². The fourth-order valence-electron chi connectivity index (χ4n) is 3.50. The van der Waals surface area contributed by atoms with E-state index in [9.17, 15) is 0 Å². The van der Waals surface area contributed by atoms with Gasteiger partial charge in [-0.1, -0.05) is 29.8 Å². The molecule has 2 N–H and O–H groups in total. The van der Waals surface area contributed by atoms with E-state index in [0.29, 0.717) is 0 Å². The summed E-state index contributed by atoms with van der Waals surface area (Å²) in [4.78, 5) is 0. The first kappa shape index (κ1) is 12.5. The largest absolute Gasteiger partial charge is 0.303 e. The number of hydrogen-bond donors (Lipinski definition) is 2. The summed E-state index contributed by atoms with van der Waals surface area (Å²) in [5.74, 6) is 1.18. The smallest absolute Gasteiger partial charge is 0.128 e. The number of benzene rings is 1. The van der Waals surface area contributed by atoms with E-state index in [2.05, 4.69) is 39.1 Å². The van der Waals surface area contributed by atoms with Gasteiger partial charge in [-0.05, 0) is 37.0 Å². The van der Waals surface area contributed by atoms with Crippen LogP contribution in [0.2, 0.25) is 5.02 Å². The molecule has 0 unspecified atom stereocenters. The van der Waals surface area contributed by atoms with Crippen LogP contribution in [0.4, 0.5) is 0 Å². The van der Waals surface area contributed by atoms with E-state index in [1.54, 1.807) is 0 Å². The molecule has 0 radical (unpaired) electrons. The SMILES string of the molecule is Clc1ccccc1C1(N2CCN3NCC=C3N2)CCC1. The Morgan fingerprint density at radius 2 is 2.00 bits per heavy atom. The summed E-state index contributed by atoms with van der Waals surface area (Å²) in [5.41, 5.74) is 8.25. The van der Waals surface area contributed by atoms with Crippen LogP contribution in [-0.2, 0) is 5.54 Å². The van der Waals surface area contributed by atoms with E-state index in [1.807, 2.05) is 12.1 Å². The van der Waals surface area contributed by atoms with Gasteiger partial charge in [-0.25, -0.2) is 10.4 Å². The van der Waals surface area contributed by atoms with Gasteiger partial charge in [-0.15, -0.1) is 0 Å². The number of hydrogen-bond acceptors (Lipinski definition) is 4. The summed E-state index contributed by atoms with van der Waals surface area (Å²) in [5, 5.41) is 5.47. The molecule has 0 amide bonds. The van der Waals surface area contributed by atoms with Gasteiger partial charge in [0.05, 0.1) is 12.1 Å². The topological polar surface area (TPSA) is 30.5 Å². The predicted molar refractivity (Wildman–Crippen MR) is 79.6 cm³/mol. The van der Waals surface area contributed by atoms with Crippen molar-refractivity contribution in [2.45, 2.75) is 24.8 Å². The summed E-state index contributed by atoms with van der Waals surface area (Å²) in [6, 6.07) is 8.28. The third-order valence-corrected chi connectivity index (χ3v) is 5.07. The van der Waals surface area contributed by atoms with Gasteiger partial charge in [0.15, 0.2) is 0 Å². The summed E-state index contributed by atoms with van der Waals surface area (Å²) in [6.07, 6.45) is 5.81. The average Bonchev–Trinajstić information content (AvgIpc) is 2.87. The molecule has 1 aromatic carbocycles. The Kier molecular flexibility index (Phi) is 2.91. The Morgan fingerprint density at radius 3 is 2.75 bits per heavy atom. The fraction of sp³-hybridized carbons (Fsp3) is 0.467. The van der Waals surface area contributed by atoms with Crippen LogP contribution in [0, 0.1) is 0 Å². The molecule has 2 heterocycles. The second kappa shape index (κ2) is 4.65. The Hall–Kier alpha value is -1.23. The zero-order chi connectivity index (χ0) is 13.6. The molecule has 4 rings (SSSR count). The lowest BCUT2D eigenvalue weighted by atomic mass is 9.71. The predicted octanol–water partition coefficient (Wildman–Crippen LogP) is 2.20. The van der Waals surface area contributed by atoms with Crippen LogP contribution in [0.5, 0.6) is 0 Å². The van der Waals surface area contributed by atoms with Crippen LogP contribution in [-0.4, -0.2) is 29.7 Å². The van der Waals surface area contributed by atoms with Crippen molar-refractivity contribution in [3.8, 4) is 0 Å². The van der Waals surface area contributed by atoms with Gasteiger partial charge in [-0.2, -0.15) is 0 Å². The van der Waals surface area contributed by atoms with E-state index in [-0.39, 0.29) is 5.54 Å². The van der Waals surface area contributed by atoms with Crippen LogP contribution >= 0.6 is 11.6 Å². The molecule has 2 aliphatic heterocycles. The van der Waals surface area contributed by atoms with Gasteiger partial charge in [-0.3, -0.25) is 5.01 Å². The molecule has 0 atom stereocenters. The molecule has 4 nitrogen and oxygen atoms in total. The van der Waals surface area contributed by atoms with E-state index in [1.165, 1.54) is 30.6 Å². The maximum atomic E-state index is 6.46. The van der Waals surface area contributed by atoms with E-state index < -0.39 is 0 Å². The molecule has 106 valence electrons. The molecule has 1 saturated heterocycles. The number of halogens is 1. The van der Waals surface area contributed by atoms with Gasteiger partial charge in [0.2, 0.25) is 0 Å². The minimum absolute atomic E-state index is 0.0634. The monoisotopic (exact) mass is 290 g/mol. The molecular weight excluding hydrogens is 272 g/mol. The molecule has 1 aromatic rings. The van der Waals surface area contributed by atoms with Gasteiger partial charge in [0, 0.05) is 18.1 Å². The lowest BCUT2D eigenvalue weighted by molar-refractivity contribution is -0.0556. The lowest BCUT2D eigenvalue weighted by Gasteiger charge is -2.53. The van der Waals surface area contributed by atoms with E-state index in [0.717, 1.165) is 24.7 Å². The maximum Gasteiger partial charge on any atom is 0.128 e. The standard InChI is InChI=1S/C15H19ClN4/c16-13-5-2-1-4-12(13)15(7-3-8-15)20-11-10-19-14(18-20)6-9-17-19/h1-2,4-6,17-18H,3,7-11H2. The highest BCUT2D eigenvalue weighted by Crippen LogP contribution is 2.48. The second-order valence-corrected chi connectivity index (χ2v) is 6.14. The first-order chi connectivity index (χ1) is 9.79.